The maximum atomic E-state index is 13.2. The minimum atomic E-state index is -0.669. The summed E-state index contributed by atoms with van der Waals surface area (Å²) < 4.78 is 30.9. The van der Waals surface area contributed by atoms with Crippen LogP contribution in [0.3, 0.4) is 0 Å². The Kier molecular flexibility index (Phi) is 7.63. The van der Waals surface area contributed by atoms with Crippen LogP contribution < -0.4 is 9.47 Å². The standard InChI is InChI=1S/C26H20FIN2O6/c1-3-34-23-12-17(10-20(28)24(23)35-14-16-5-8-19(27)9-6-16)11-21-26(31)36-25(29-21)18-7-4-15(2)22(13-18)30(32)33/h4-13H,3,14H2,1-2H3/b21-11-. The van der Waals surface area contributed by atoms with Crippen LogP contribution in [0.5, 0.6) is 11.5 Å². The molecule has 184 valence electrons. The number of esters is 1. The van der Waals surface area contributed by atoms with Crippen LogP contribution in [0.15, 0.2) is 65.3 Å². The molecule has 0 N–H and O–H groups in total. The molecule has 0 radical (unpaired) electrons. The molecule has 8 nitrogen and oxygen atoms in total. The number of cyclic esters (lactones) is 1. The van der Waals surface area contributed by atoms with Gasteiger partial charge in [0.2, 0.25) is 5.90 Å². The summed E-state index contributed by atoms with van der Waals surface area (Å²) in [5.41, 5.74) is 2.21. The van der Waals surface area contributed by atoms with E-state index in [0.29, 0.717) is 34.8 Å². The second-order valence-corrected chi connectivity index (χ2v) is 8.93. The number of rotatable bonds is 8. The van der Waals surface area contributed by atoms with Gasteiger partial charge in [0.15, 0.2) is 17.2 Å². The zero-order valence-electron chi connectivity index (χ0n) is 19.3. The van der Waals surface area contributed by atoms with Crippen molar-refractivity contribution in [1.82, 2.24) is 0 Å². The van der Waals surface area contributed by atoms with Gasteiger partial charge in [-0.25, -0.2) is 14.2 Å². The first-order valence-corrected chi connectivity index (χ1v) is 11.9. The Labute approximate surface area is 219 Å². The maximum absolute atomic E-state index is 13.2. The number of carbonyl (C=O) groups excluding carboxylic acids is 1. The summed E-state index contributed by atoms with van der Waals surface area (Å²) in [5, 5.41) is 11.3. The third kappa shape index (κ3) is 5.70. The number of aliphatic imine (C=N–C) groups is 1. The topological polar surface area (TPSA) is 100 Å². The van der Waals surface area contributed by atoms with E-state index in [-0.39, 0.29) is 29.7 Å². The molecule has 3 aromatic rings. The fourth-order valence-corrected chi connectivity index (χ4v) is 4.22. The third-order valence-corrected chi connectivity index (χ3v) is 6.01. The lowest BCUT2D eigenvalue weighted by atomic mass is 10.1. The Bertz CT molecular complexity index is 1400. The van der Waals surface area contributed by atoms with Gasteiger partial charge in [0.05, 0.1) is 15.1 Å². The minimum absolute atomic E-state index is 0.00618. The van der Waals surface area contributed by atoms with Crippen molar-refractivity contribution in [3.63, 3.8) is 0 Å². The van der Waals surface area contributed by atoms with Crippen LogP contribution >= 0.6 is 22.6 Å². The predicted octanol–water partition coefficient (Wildman–Crippen LogP) is 5.97. The molecule has 0 bridgehead atoms. The Hall–Kier alpha value is -3.80. The van der Waals surface area contributed by atoms with Crippen LogP contribution in [0.25, 0.3) is 6.08 Å². The van der Waals surface area contributed by atoms with Gasteiger partial charge in [-0.2, -0.15) is 0 Å². The molecule has 1 aliphatic heterocycles. The first-order chi connectivity index (χ1) is 17.2. The van der Waals surface area contributed by atoms with E-state index in [4.69, 9.17) is 14.2 Å². The number of halogens is 2. The number of hydrogen-bond acceptors (Lipinski definition) is 7. The summed E-state index contributed by atoms with van der Waals surface area (Å²) >= 11 is 2.11. The van der Waals surface area contributed by atoms with Crippen molar-refractivity contribution in [2.75, 3.05) is 6.61 Å². The number of nitrogens with zero attached hydrogens (tertiary/aromatic N) is 2. The molecule has 0 aliphatic carbocycles. The Balaban J connectivity index is 1.62. The van der Waals surface area contributed by atoms with Crippen LogP contribution in [-0.4, -0.2) is 23.4 Å². The Morgan fingerprint density at radius 3 is 2.58 bits per heavy atom. The van der Waals surface area contributed by atoms with E-state index in [9.17, 15) is 19.3 Å². The van der Waals surface area contributed by atoms with E-state index in [0.717, 1.165) is 9.13 Å². The highest BCUT2D eigenvalue weighted by Gasteiger charge is 2.26. The van der Waals surface area contributed by atoms with E-state index in [1.54, 1.807) is 49.4 Å². The van der Waals surface area contributed by atoms with Crippen molar-refractivity contribution in [1.29, 1.82) is 0 Å². The van der Waals surface area contributed by atoms with Crippen molar-refractivity contribution >= 4 is 46.2 Å². The van der Waals surface area contributed by atoms with Gasteiger partial charge in [-0.05, 0) is 84.0 Å². The Morgan fingerprint density at radius 2 is 1.89 bits per heavy atom. The molecule has 0 atom stereocenters. The summed E-state index contributed by atoms with van der Waals surface area (Å²) in [6.45, 7) is 4.08. The fourth-order valence-electron chi connectivity index (χ4n) is 3.44. The highest BCUT2D eigenvalue weighted by atomic mass is 127. The molecular formula is C26H20FIN2O6. The maximum Gasteiger partial charge on any atom is 0.363 e. The number of hydrogen-bond donors (Lipinski definition) is 0. The van der Waals surface area contributed by atoms with Crippen molar-refractivity contribution in [3.05, 3.63) is 102 Å². The number of nitro groups is 1. The van der Waals surface area contributed by atoms with Gasteiger partial charge in [-0.3, -0.25) is 10.1 Å². The zero-order chi connectivity index (χ0) is 25.8. The van der Waals surface area contributed by atoms with E-state index in [1.165, 1.54) is 18.2 Å². The van der Waals surface area contributed by atoms with E-state index < -0.39 is 10.9 Å². The number of carbonyl (C=O) groups is 1. The first-order valence-electron chi connectivity index (χ1n) is 10.9. The molecular weight excluding hydrogens is 582 g/mol. The summed E-state index contributed by atoms with van der Waals surface area (Å²) in [4.78, 5) is 27.5. The number of benzene rings is 3. The monoisotopic (exact) mass is 602 g/mol. The molecule has 0 unspecified atom stereocenters. The van der Waals surface area contributed by atoms with Crippen molar-refractivity contribution < 1.29 is 28.3 Å². The normalized spacial score (nSPS) is 13.9. The minimum Gasteiger partial charge on any atom is -0.490 e. The molecule has 0 saturated carbocycles. The van der Waals surface area contributed by atoms with Crippen LogP contribution in [0.1, 0.15) is 29.2 Å². The molecule has 1 heterocycles. The number of ether oxygens (including phenoxy) is 3. The van der Waals surface area contributed by atoms with Gasteiger partial charge in [-0.1, -0.05) is 18.2 Å². The van der Waals surface area contributed by atoms with Gasteiger partial charge in [0.25, 0.3) is 5.69 Å². The lowest BCUT2D eigenvalue weighted by molar-refractivity contribution is -0.385. The van der Waals surface area contributed by atoms with Gasteiger partial charge in [-0.15, -0.1) is 0 Å². The molecule has 3 aromatic carbocycles. The summed E-state index contributed by atoms with van der Waals surface area (Å²) in [6, 6.07) is 14.1. The molecule has 4 rings (SSSR count). The SMILES string of the molecule is CCOc1cc(/C=C2\N=C(c3ccc(C)c([N+](=O)[O-])c3)OC2=O)cc(I)c1OCc1ccc(F)cc1. The molecule has 0 amide bonds. The molecule has 0 spiro atoms. The van der Waals surface area contributed by atoms with E-state index in [1.807, 2.05) is 6.92 Å². The van der Waals surface area contributed by atoms with Crippen molar-refractivity contribution in [3.8, 4) is 11.5 Å². The summed E-state index contributed by atoms with van der Waals surface area (Å²) in [6.07, 6.45) is 1.55. The fraction of sp³-hybridized carbons (Fsp3) is 0.154. The van der Waals surface area contributed by atoms with E-state index in [2.05, 4.69) is 27.6 Å². The van der Waals surface area contributed by atoms with Crippen LogP contribution in [-0.2, 0) is 16.1 Å². The average molecular weight is 602 g/mol. The first kappa shape index (κ1) is 25.3. The third-order valence-electron chi connectivity index (χ3n) is 5.20. The molecule has 0 fully saturated rings. The smallest absolute Gasteiger partial charge is 0.363 e. The molecule has 0 saturated heterocycles. The molecule has 10 heteroatoms. The van der Waals surface area contributed by atoms with Gasteiger partial charge in [0.1, 0.15) is 12.4 Å². The molecule has 1 aliphatic rings. The zero-order valence-corrected chi connectivity index (χ0v) is 21.4. The highest BCUT2D eigenvalue weighted by molar-refractivity contribution is 14.1. The van der Waals surface area contributed by atoms with Gasteiger partial charge in [0, 0.05) is 17.2 Å². The van der Waals surface area contributed by atoms with Crippen LogP contribution in [0.2, 0.25) is 0 Å². The number of nitro benzene ring substituents is 1. The molecule has 0 aromatic heterocycles. The lowest BCUT2D eigenvalue weighted by Gasteiger charge is -2.15. The van der Waals surface area contributed by atoms with Crippen molar-refractivity contribution in [2.24, 2.45) is 4.99 Å². The second-order valence-electron chi connectivity index (χ2n) is 7.77. The van der Waals surface area contributed by atoms with Gasteiger partial charge >= 0.3 is 5.97 Å². The second kappa shape index (κ2) is 10.9. The van der Waals surface area contributed by atoms with Crippen LogP contribution in [0.4, 0.5) is 10.1 Å². The van der Waals surface area contributed by atoms with Crippen molar-refractivity contribution in [2.45, 2.75) is 20.5 Å². The largest absolute Gasteiger partial charge is 0.490 e. The summed E-state index contributed by atoms with van der Waals surface area (Å²) in [7, 11) is 0. The molecule has 36 heavy (non-hydrogen) atoms. The lowest BCUT2D eigenvalue weighted by Crippen LogP contribution is -2.06. The number of aryl methyl sites for hydroxylation is 1. The highest BCUT2D eigenvalue weighted by Crippen LogP contribution is 2.36. The quantitative estimate of drug-likeness (QED) is 0.104. The average Bonchev–Trinajstić information content (AvgIpc) is 3.20. The Morgan fingerprint density at radius 1 is 1.14 bits per heavy atom. The van der Waals surface area contributed by atoms with Gasteiger partial charge < -0.3 is 14.2 Å². The predicted molar refractivity (Wildman–Crippen MR) is 139 cm³/mol. The summed E-state index contributed by atoms with van der Waals surface area (Å²) in [5.74, 6) is 0.000845. The van der Waals surface area contributed by atoms with Crippen LogP contribution in [0, 0.1) is 26.4 Å². The van der Waals surface area contributed by atoms with E-state index >= 15 is 0 Å².